The van der Waals surface area contributed by atoms with E-state index in [1.165, 1.54) is 0 Å². The molecule has 0 atom stereocenters. The van der Waals surface area contributed by atoms with Crippen LogP contribution in [0, 0.1) is 0 Å². The molecule has 0 unspecified atom stereocenters. The van der Waals surface area contributed by atoms with Crippen molar-refractivity contribution in [2.75, 3.05) is 12.8 Å². The summed E-state index contributed by atoms with van der Waals surface area (Å²) in [6.07, 6.45) is 3.25. The Morgan fingerprint density at radius 2 is 2.27 bits per heavy atom. The smallest absolute Gasteiger partial charge is 0.174 e. The Morgan fingerprint density at radius 3 is 2.87 bits per heavy atom. The number of pyridine rings is 1. The van der Waals surface area contributed by atoms with E-state index in [1.807, 2.05) is 0 Å². The van der Waals surface area contributed by atoms with E-state index in [-0.39, 0.29) is 0 Å². The van der Waals surface area contributed by atoms with Crippen molar-refractivity contribution < 1.29 is 9.26 Å². The molecule has 0 aliphatic rings. The van der Waals surface area contributed by atoms with Gasteiger partial charge in [-0.2, -0.15) is 0 Å². The van der Waals surface area contributed by atoms with Crippen molar-refractivity contribution in [3.05, 3.63) is 22.9 Å². The van der Waals surface area contributed by atoms with Crippen LogP contribution in [0.25, 0.3) is 11.3 Å². The van der Waals surface area contributed by atoms with Gasteiger partial charge in [0.1, 0.15) is 5.75 Å². The SMILES string of the molecule is COc1cncc(Br)c1-c1cc(N)no1. The lowest BCUT2D eigenvalue weighted by Gasteiger charge is -2.05. The first kappa shape index (κ1) is 9.97. The van der Waals surface area contributed by atoms with E-state index in [0.29, 0.717) is 17.3 Å². The standard InChI is InChI=1S/C9H8BrN3O2/c1-14-7-4-12-3-5(10)9(7)6-2-8(11)13-15-6/h2-4H,1H3,(H2,11,13). The Hall–Kier alpha value is -1.56. The van der Waals surface area contributed by atoms with Gasteiger partial charge in [-0.25, -0.2) is 0 Å². The number of hydrogen-bond donors (Lipinski definition) is 1. The van der Waals surface area contributed by atoms with Crippen molar-refractivity contribution in [2.45, 2.75) is 0 Å². The molecule has 2 aromatic rings. The van der Waals surface area contributed by atoms with E-state index in [0.717, 1.165) is 10.0 Å². The minimum Gasteiger partial charge on any atom is -0.494 e. The van der Waals surface area contributed by atoms with Crippen LogP contribution in [-0.2, 0) is 0 Å². The Labute approximate surface area is 94.4 Å². The fourth-order valence-electron chi connectivity index (χ4n) is 1.22. The molecule has 0 aliphatic heterocycles. The molecule has 0 saturated carbocycles. The molecule has 0 aliphatic carbocycles. The van der Waals surface area contributed by atoms with Gasteiger partial charge in [0.15, 0.2) is 11.6 Å². The van der Waals surface area contributed by atoms with Crippen LogP contribution in [0.15, 0.2) is 27.5 Å². The normalized spacial score (nSPS) is 10.3. The van der Waals surface area contributed by atoms with Crippen molar-refractivity contribution in [3.8, 4) is 17.1 Å². The van der Waals surface area contributed by atoms with Gasteiger partial charge in [-0.05, 0) is 15.9 Å². The van der Waals surface area contributed by atoms with Gasteiger partial charge in [0.2, 0.25) is 0 Å². The lowest BCUT2D eigenvalue weighted by Crippen LogP contribution is -1.89. The Kier molecular flexibility index (Phi) is 2.59. The van der Waals surface area contributed by atoms with E-state index in [1.54, 1.807) is 25.6 Å². The molecule has 2 rings (SSSR count). The first-order valence-electron chi connectivity index (χ1n) is 4.12. The molecule has 0 radical (unpaired) electrons. The van der Waals surface area contributed by atoms with E-state index < -0.39 is 0 Å². The number of methoxy groups -OCH3 is 1. The van der Waals surface area contributed by atoms with Crippen LogP contribution in [0.1, 0.15) is 0 Å². The van der Waals surface area contributed by atoms with E-state index >= 15 is 0 Å². The van der Waals surface area contributed by atoms with Crippen molar-refractivity contribution in [1.82, 2.24) is 10.1 Å². The number of ether oxygens (including phenoxy) is 1. The van der Waals surface area contributed by atoms with Crippen LogP contribution in [0.5, 0.6) is 5.75 Å². The Balaban J connectivity index is 2.60. The molecule has 0 bridgehead atoms. The predicted molar refractivity (Wildman–Crippen MR) is 58.4 cm³/mol. The minimum absolute atomic E-state index is 0.329. The highest BCUT2D eigenvalue weighted by Gasteiger charge is 2.14. The number of nitrogens with zero attached hydrogens (tertiary/aromatic N) is 2. The molecule has 5 nitrogen and oxygen atoms in total. The largest absolute Gasteiger partial charge is 0.494 e. The molecule has 0 saturated heterocycles. The van der Waals surface area contributed by atoms with Crippen molar-refractivity contribution in [1.29, 1.82) is 0 Å². The molecular weight excluding hydrogens is 262 g/mol. The van der Waals surface area contributed by atoms with Crippen LogP contribution in [0.3, 0.4) is 0 Å². The second-order valence-corrected chi connectivity index (χ2v) is 3.67. The summed E-state index contributed by atoms with van der Waals surface area (Å²) >= 11 is 3.36. The van der Waals surface area contributed by atoms with Crippen LogP contribution in [-0.4, -0.2) is 17.3 Å². The molecule has 78 valence electrons. The molecule has 2 N–H and O–H groups in total. The van der Waals surface area contributed by atoms with Crippen LogP contribution >= 0.6 is 15.9 Å². The summed E-state index contributed by atoms with van der Waals surface area (Å²) in [6.45, 7) is 0. The fourth-order valence-corrected chi connectivity index (χ4v) is 1.73. The molecular formula is C9H8BrN3O2. The number of rotatable bonds is 2. The van der Waals surface area contributed by atoms with Crippen LogP contribution in [0.4, 0.5) is 5.82 Å². The summed E-state index contributed by atoms with van der Waals surface area (Å²) in [5, 5.41) is 3.62. The first-order chi connectivity index (χ1) is 7.22. The zero-order valence-corrected chi connectivity index (χ0v) is 9.48. The van der Waals surface area contributed by atoms with Gasteiger partial charge in [-0.3, -0.25) is 4.98 Å². The molecule has 0 aromatic carbocycles. The third-order valence-electron chi connectivity index (χ3n) is 1.86. The number of nitrogen functional groups attached to an aromatic ring is 1. The van der Waals surface area contributed by atoms with Gasteiger partial charge in [-0.1, -0.05) is 5.16 Å². The van der Waals surface area contributed by atoms with E-state index in [9.17, 15) is 0 Å². The number of aromatic nitrogens is 2. The monoisotopic (exact) mass is 269 g/mol. The highest BCUT2D eigenvalue weighted by molar-refractivity contribution is 9.10. The lowest BCUT2D eigenvalue weighted by molar-refractivity contribution is 0.405. The second kappa shape index (κ2) is 3.90. The van der Waals surface area contributed by atoms with Crippen LogP contribution in [0.2, 0.25) is 0 Å². The fraction of sp³-hybridized carbons (Fsp3) is 0.111. The maximum absolute atomic E-state index is 5.48. The summed E-state index contributed by atoms with van der Waals surface area (Å²) in [4.78, 5) is 3.98. The van der Waals surface area contributed by atoms with Gasteiger partial charge < -0.3 is 15.0 Å². The summed E-state index contributed by atoms with van der Waals surface area (Å²) in [5.41, 5.74) is 6.23. The number of anilines is 1. The molecule has 0 spiro atoms. The summed E-state index contributed by atoms with van der Waals surface area (Å²) < 4.78 is 11.0. The highest BCUT2D eigenvalue weighted by atomic mass is 79.9. The van der Waals surface area contributed by atoms with E-state index in [4.69, 9.17) is 15.0 Å². The van der Waals surface area contributed by atoms with Gasteiger partial charge >= 0.3 is 0 Å². The van der Waals surface area contributed by atoms with Crippen molar-refractivity contribution in [2.24, 2.45) is 0 Å². The van der Waals surface area contributed by atoms with Gasteiger partial charge in [0.05, 0.1) is 23.3 Å². The molecule has 2 heterocycles. The average Bonchev–Trinajstić information content (AvgIpc) is 2.64. The van der Waals surface area contributed by atoms with Crippen molar-refractivity contribution >= 4 is 21.7 Å². The summed E-state index contributed by atoms with van der Waals surface area (Å²) in [6, 6.07) is 1.63. The van der Waals surface area contributed by atoms with Gasteiger partial charge in [-0.15, -0.1) is 0 Å². The summed E-state index contributed by atoms with van der Waals surface area (Å²) in [5.74, 6) is 1.47. The maximum Gasteiger partial charge on any atom is 0.174 e. The summed E-state index contributed by atoms with van der Waals surface area (Å²) in [7, 11) is 1.56. The first-order valence-corrected chi connectivity index (χ1v) is 4.91. The third kappa shape index (κ3) is 1.80. The minimum atomic E-state index is 0.329. The molecule has 0 amide bonds. The Bertz CT molecular complexity index is 484. The topological polar surface area (TPSA) is 74.2 Å². The predicted octanol–water partition coefficient (Wildman–Crippen LogP) is 2.09. The average molecular weight is 270 g/mol. The van der Waals surface area contributed by atoms with Gasteiger partial charge in [0.25, 0.3) is 0 Å². The highest BCUT2D eigenvalue weighted by Crippen LogP contribution is 2.36. The number of hydrogen-bond acceptors (Lipinski definition) is 5. The molecule has 15 heavy (non-hydrogen) atoms. The number of nitrogens with two attached hydrogens (primary N) is 1. The lowest BCUT2D eigenvalue weighted by atomic mass is 10.2. The molecule has 2 aromatic heterocycles. The second-order valence-electron chi connectivity index (χ2n) is 2.81. The maximum atomic E-state index is 5.48. The third-order valence-corrected chi connectivity index (χ3v) is 2.46. The van der Waals surface area contributed by atoms with Crippen molar-refractivity contribution in [3.63, 3.8) is 0 Å². The van der Waals surface area contributed by atoms with Gasteiger partial charge in [0, 0.05) is 12.3 Å². The van der Waals surface area contributed by atoms with E-state index in [2.05, 4.69) is 26.1 Å². The zero-order valence-electron chi connectivity index (χ0n) is 7.90. The number of halogens is 1. The molecule has 6 heteroatoms. The van der Waals surface area contributed by atoms with Crippen LogP contribution < -0.4 is 10.5 Å². The Morgan fingerprint density at radius 1 is 1.47 bits per heavy atom. The quantitative estimate of drug-likeness (QED) is 0.904. The molecule has 0 fully saturated rings. The zero-order chi connectivity index (χ0) is 10.8.